The fourth-order valence-corrected chi connectivity index (χ4v) is 1.15. The van der Waals surface area contributed by atoms with Crippen LogP contribution in [0.3, 0.4) is 0 Å². The number of benzene rings is 1. The van der Waals surface area contributed by atoms with Gasteiger partial charge in [0, 0.05) is 18.2 Å². The third-order valence-corrected chi connectivity index (χ3v) is 1.76. The third kappa shape index (κ3) is 1.96. The van der Waals surface area contributed by atoms with Gasteiger partial charge in [0.05, 0.1) is 0 Å². The maximum Gasteiger partial charge on any atom is 0.328 e. The van der Waals surface area contributed by atoms with Crippen LogP contribution in [-0.4, -0.2) is 21.2 Å². The molecule has 0 aliphatic carbocycles. The van der Waals surface area contributed by atoms with Crippen molar-refractivity contribution in [3.63, 3.8) is 0 Å². The van der Waals surface area contributed by atoms with E-state index >= 15 is 0 Å². The van der Waals surface area contributed by atoms with Crippen LogP contribution in [0.1, 0.15) is 5.89 Å². The molecule has 5 nitrogen and oxygen atoms in total. The van der Waals surface area contributed by atoms with Crippen LogP contribution < -0.4 is 0 Å². The van der Waals surface area contributed by atoms with Crippen molar-refractivity contribution in [2.45, 2.75) is 0 Å². The Bertz CT molecular complexity index is 541. The number of hydrogen-bond donors (Lipinski definition) is 2. The maximum atomic E-state index is 10.2. The second-order valence-corrected chi connectivity index (χ2v) is 2.88. The van der Waals surface area contributed by atoms with Crippen LogP contribution in [0, 0.1) is 0 Å². The minimum absolute atomic E-state index is 0.0876. The van der Waals surface area contributed by atoms with Gasteiger partial charge in [-0.15, -0.1) is 0 Å². The van der Waals surface area contributed by atoms with Gasteiger partial charge in [-0.05, 0) is 12.1 Å². The first-order chi connectivity index (χ1) is 7.15. The molecular weight excluding hydrogens is 198 g/mol. The number of oxazole rings is 1. The number of phenolic OH excluding ortho intramolecular Hbond substituents is 1. The molecule has 0 unspecified atom stereocenters. The number of carbonyl (C=O) groups is 1. The highest BCUT2D eigenvalue weighted by Crippen LogP contribution is 2.20. The third-order valence-electron chi connectivity index (χ3n) is 1.76. The summed E-state index contributed by atoms with van der Waals surface area (Å²) in [7, 11) is 0. The second kappa shape index (κ2) is 3.45. The minimum Gasteiger partial charge on any atom is -0.508 e. The minimum atomic E-state index is -1.07. The molecular formula is C10H7NO4. The van der Waals surface area contributed by atoms with Gasteiger partial charge in [-0.3, -0.25) is 0 Å². The zero-order chi connectivity index (χ0) is 10.8. The number of aliphatic carboxylic acids is 1. The molecule has 1 heterocycles. The Morgan fingerprint density at radius 1 is 1.47 bits per heavy atom. The molecule has 0 atom stereocenters. The predicted octanol–water partition coefficient (Wildman–Crippen LogP) is 1.63. The molecule has 0 bridgehead atoms. The summed E-state index contributed by atoms with van der Waals surface area (Å²) in [6.45, 7) is 0. The van der Waals surface area contributed by atoms with E-state index in [0.717, 1.165) is 6.08 Å². The fraction of sp³-hybridized carbons (Fsp3) is 0. The van der Waals surface area contributed by atoms with Crippen molar-refractivity contribution in [1.82, 2.24) is 4.98 Å². The summed E-state index contributed by atoms with van der Waals surface area (Å²) < 4.78 is 5.20. The molecule has 1 aromatic heterocycles. The van der Waals surface area contributed by atoms with Crippen LogP contribution in [0.5, 0.6) is 5.75 Å². The number of carboxylic acid groups (broad SMARTS) is 1. The van der Waals surface area contributed by atoms with Crippen LogP contribution in [0.15, 0.2) is 28.7 Å². The number of nitrogens with zero attached hydrogens (tertiary/aromatic N) is 1. The molecule has 0 fully saturated rings. The summed E-state index contributed by atoms with van der Waals surface area (Å²) >= 11 is 0. The average Bonchev–Trinajstić information content (AvgIpc) is 2.56. The first-order valence-corrected chi connectivity index (χ1v) is 4.16. The van der Waals surface area contributed by atoms with Gasteiger partial charge in [-0.1, -0.05) is 0 Å². The van der Waals surface area contributed by atoms with Crippen LogP contribution in [0.2, 0.25) is 0 Å². The lowest BCUT2D eigenvalue weighted by Gasteiger charge is -1.86. The summed E-state index contributed by atoms with van der Waals surface area (Å²) in [6.07, 6.45) is 2.18. The van der Waals surface area contributed by atoms with Crippen LogP contribution in [-0.2, 0) is 4.79 Å². The number of fused-ring (bicyclic) bond motifs is 1. The first-order valence-electron chi connectivity index (χ1n) is 4.16. The Labute approximate surface area is 84.3 Å². The topological polar surface area (TPSA) is 83.6 Å². The number of hydrogen-bond acceptors (Lipinski definition) is 4. The summed E-state index contributed by atoms with van der Waals surface area (Å²) in [5.74, 6) is -0.789. The van der Waals surface area contributed by atoms with Crippen LogP contribution in [0.25, 0.3) is 17.2 Å². The number of carboxylic acids is 1. The quantitative estimate of drug-likeness (QED) is 0.728. The molecule has 2 rings (SSSR count). The zero-order valence-electron chi connectivity index (χ0n) is 7.54. The Hall–Kier alpha value is -2.30. The van der Waals surface area contributed by atoms with E-state index in [0.29, 0.717) is 11.1 Å². The van der Waals surface area contributed by atoms with Gasteiger partial charge < -0.3 is 14.6 Å². The molecule has 0 saturated heterocycles. The molecule has 15 heavy (non-hydrogen) atoms. The van der Waals surface area contributed by atoms with Gasteiger partial charge in [0.2, 0.25) is 5.89 Å². The molecule has 2 N–H and O–H groups in total. The van der Waals surface area contributed by atoms with E-state index in [1.165, 1.54) is 18.2 Å². The molecule has 0 spiro atoms. The van der Waals surface area contributed by atoms with E-state index in [9.17, 15) is 4.79 Å². The van der Waals surface area contributed by atoms with E-state index in [-0.39, 0.29) is 11.6 Å². The highest BCUT2D eigenvalue weighted by Gasteiger charge is 2.03. The largest absolute Gasteiger partial charge is 0.508 e. The summed E-state index contributed by atoms with van der Waals surface area (Å²) in [5, 5.41) is 17.6. The molecule has 5 heteroatoms. The van der Waals surface area contributed by atoms with Crippen molar-refractivity contribution in [3.05, 3.63) is 30.2 Å². The van der Waals surface area contributed by atoms with Crippen LogP contribution in [0.4, 0.5) is 0 Å². The van der Waals surface area contributed by atoms with Crippen LogP contribution >= 0.6 is 0 Å². The fourth-order valence-electron chi connectivity index (χ4n) is 1.15. The molecule has 0 radical (unpaired) electrons. The Morgan fingerprint density at radius 3 is 3.00 bits per heavy atom. The van der Waals surface area contributed by atoms with Crippen molar-refractivity contribution >= 4 is 23.1 Å². The SMILES string of the molecule is O=C(O)/C=C/c1nc2cc(O)ccc2o1. The van der Waals surface area contributed by atoms with Crippen molar-refractivity contribution in [3.8, 4) is 5.75 Å². The Morgan fingerprint density at radius 2 is 2.27 bits per heavy atom. The monoisotopic (exact) mass is 205 g/mol. The molecule has 0 aliphatic rings. The van der Waals surface area contributed by atoms with Crippen molar-refractivity contribution in [2.24, 2.45) is 0 Å². The Balaban J connectivity index is 2.43. The number of aromatic hydroxyl groups is 1. The summed E-state index contributed by atoms with van der Waals surface area (Å²) in [6, 6.07) is 4.48. The maximum absolute atomic E-state index is 10.2. The van der Waals surface area contributed by atoms with Gasteiger partial charge in [0.1, 0.15) is 11.3 Å². The van der Waals surface area contributed by atoms with Crippen molar-refractivity contribution in [1.29, 1.82) is 0 Å². The van der Waals surface area contributed by atoms with E-state index in [2.05, 4.69) is 4.98 Å². The summed E-state index contributed by atoms with van der Waals surface area (Å²) in [4.78, 5) is 14.2. The van der Waals surface area contributed by atoms with E-state index in [1.54, 1.807) is 6.07 Å². The molecule has 0 amide bonds. The average molecular weight is 205 g/mol. The second-order valence-electron chi connectivity index (χ2n) is 2.88. The van der Waals surface area contributed by atoms with Gasteiger partial charge in [-0.25, -0.2) is 9.78 Å². The van der Waals surface area contributed by atoms with E-state index in [1.807, 2.05) is 0 Å². The highest BCUT2D eigenvalue weighted by atomic mass is 16.4. The lowest BCUT2D eigenvalue weighted by atomic mass is 10.3. The molecule has 1 aromatic carbocycles. The number of aromatic nitrogens is 1. The van der Waals surface area contributed by atoms with Gasteiger partial charge in [0.25, 0.3) is 0 Å². The smallest absolute Gasteiger partial charge is 0.328 e. The number of rotatable bonds is 2. The number of phenols is 1. The molecule has 76 valence electrons. The Kier molecular flexibility index (Phi) is 2.13. The van der Waals surface area contributed by atoms with Crippen molar-refractivity contribution < 1.29 is 19.4 Å². The van der Waals surface area contributed by atoms with Crippen molar-refractivity contribution in [2.75, 3.05) is 0 Å². The first kappa shape index (κ1) is 9.26. The lowest BCUT2D eigenvalue weighted by molar-refractivity contribution is -0.131. The molecule has 2 aromatic rings. The van der Waals surface area contributed by atoms with E-state index in [4.69, 9.17) is 14.6 Å². The van der Waals surface area contributed by atoms with Gasteiger partial charge >= 0.3 is 5.97 Å². The predicted molar refractivity (Wildman–Crippen MR) is 52.3 cm³/mol. The standard InChI is InChI=1S/C10H7NO4/c12-6-1-2-8-7(5-6)11-9(15-8)3-4-10(13)14/h1-5,12H,(H,13,14)/b4-3+. The molecule has 0 saturated carbocycles. The van der Waals surface area contributed by atoms with E-state index < -0.39 is 5.97 Å². The van der Waals surface area contributed by atoms with Gasteiger partial charge in [-0.2, -0.15) is 0 Å². The highest BCUT2D eigenvalue weighted by molar-refractivity contribution is 5.85. The van der Waals surface area contributed by atoms with Gasteiger partial charge in [0.15, 0.2) is 5.58 Å². The molecule has 0 aliphatic heterocycles. The normalized spacial score (nSPS) is 11.2. The zero-order valence-corrected chi connectivity index (χ0v) is 7.54. The lowest BCUT2D eigenvalue weighted by Crippen LogP contribution is -1.85. The summed E-state index contributed by atoms with van der Waals surface area (Å²) in [5.41, 5.74) is 0.984.